The lowest BCUT2D eigenvalue weighted by Gasteiger charge is -2.31. The number of aromatic nitrogens is 2. The van der Waals surface area contributed by atoms with Gasteiger partial charge in [-0.2, -0.15) is 5.10 Å². The van der Waals surface area contributed by atoms with E-state index in [2.05, 4.69) is 20.4 Å². The van der Waals surface area contributed by atoms with Crippen molar-refractivity contribution in [1.82, 2.24) is 20.4 Å². The van der Waals surface area contributed by atoms with Gasteiger partial charge in [-0.25, -0.2) is 5.10 Å². The van der Waals surface area contributed by atoms with E-state index in [1.165, 1.54) is 0 Å². The van der Waals surface area contributed by atoms with E-state index in [1.807, 2.05) is 29.2 Å². The summed E-state index contributed by atoms with van der Waals surface area (Å²) < 4.78 is 0. The topological polar surface area (TPSA) is 81.3 Å². The summed E-state index contributed by atoms with van der Waals surface area (Å²) in [6.45, 7) is 4.16. The summed E-state index contributed by atoms with van der Waals surface area (Å²) in [4.78, 5) is 28.8. The van der Waals surface area contributed by atoms with Gasteiger partial charge in [-0.05, 0) is 18.9 Å². The monoisotopic (exact) mass is 341 g/mol. The molecule has 4 rings (SSSR count). The van der Waals surface area contributed by atoms with Gasteiger partial charge in [0.05, 0.1) is 5.39 Å². The highest BCUT2D eigenvalue weighted by Crippen LogP contribution is 2.30. The van der Waals surface area contributed by atoms with E-state index in [0.717, 1.165) is 56.8 Å². The molecule has 25 heavy (non-hydrogen) atoms. The number of amides is 1. The number of H-pyrrole nitrogens is 1. The Morgan fingerprint density at radius 3 is 2.72 bits per heavy atom. The van der Waals surface area contributed by atoms with Gasteiger partial charge >= 0.3 is 0 Å². The lowest BCUT2D eigenvalue weighted by atomic mass is 10.1. The Morgan fingerprint density at radius 2 is 1.92 bits per heavy atom. The fraction of sp³-hybridized carbons (Fsp3) is 0.500. The normalized spacial score (nSPS) is 21.0. The Labute approximate surface area is 146 Å². The Hall–Kier alpha value is -2.41. The molecule has 0 spiro atoms. The van der Waals surface area contributed by atoms with Crippen molar-refractivity contribution < 1.29 is 4.79 Å². The molecule has 0 saturated carbocycles. The van der Waals surface area contributed by atoms with Crippen molar-refractivity contribution in [3.8, 4) is 0 Å². The minimum Gasteiger partial charge on any atom is -0.351 e. The number of anilines is 1. The Kier molecular flexibility index (Phi) is 4.40. The number of hydrogen-bond donors (Lipinski definition) is 2. The SMILES string of the molecule is O=C(C[C@@H]1CCCN1c1n[nH]c(=O)c2ccccc12)N1CCNCC1. The molecule has 7 heteroatoms. The molecule has 2 N–H and O–H groups in total. The number of hydrogen-bond acceptors (Lipinski definition) is 5. The summed E-state index contributed by atoms with van der Waals surface area (Å²) >= 11 is 0. The van der Waals surface area contributed by atoms with Crippen LogP contribution in [0.3, 0.4) is 0 Å². The molecule has 2 saturated heterocycles. The maximum absolute atomic E-state index is 12.6. The number of fused-ring (bicyclic) bond motifs is 1. The zero-order valence-electron chi connectivity index (χ0n) is 14.2. The molecule has 0 bridgehead atoms. The summed E-state index contributed by atoms with van der Waals surface area (Å²) in [5, 5.41) is 11.7. The van der Waals surface area contributed by atoms with E-state index in [-0.39, 0.29) is 17.5 Å². The summed E-state index contributed by atoms with van der Waals surface area (Å²) in [6.07, 6.45) is 2.52. The highest BCUT2D eigenvalue weighted by Gasteiger charge is 2.31. The van der Waals surface area contributed by atoms with E-state index in [1.54, 1.807) is 0 Å². The second kappa shape index (κ2) is 6.84. The van der Waals surface area contributed by atoms with Crippen LogP contribution in [0.15, 0.2) is 29.1 Å². The van der Waals surface area contributed by atoms with Crippen molar-refractivity contribution in [2.75, 3.05) is 37.6 Å². The number of nitrogens with one attached hydrogen (secondary N) is 2. The Balaban J connectivity index is 1.59. The fourth-order valence-electron chi connectivity index (χ4n) is 3.89. The third-order valence-corrected chi connectivity index (χ3v) is 5.21. The number of aromatic amines is 1. The van der Waals surface area contributed by atoms with E-state index >= 15 is 0 Å². The third kappa shape index (κ3) is 3.11. The number of benzene rings is 1. The summed E-state index contributed by atoms with van der Waals surface area (Å²) in [5.41, 5.74) is -0.174. The molecule has 7 nitrogen and oxygen atoms in total. The summed E-state index contributed by atoms with van der Waals surface area (Å²) in [6, 6.07) is 7.67. The second-order valence-electron chi connectivity index (χ2n) is 6.75. The average molecular weight is 341 g/mol. The molecule has 2 aliphatic heterocycles. The van der Waals surface area contributed by atoms with Crippen molar-refractivity contribution in [1.29, 1.82) is 0 Å². The lowest BCUT2D eigenvalue weighted by molar-refractivity contribution is -0.132. The fourth-order valence-corrected chi connectivity index (χ4v) is 3.89. The van der Waals surface area contributed by atoms with Crippen LogP contribution < -0.4 is 15.8 Å². The molecule has 1 aromatic heterocycles. The van der Waals surface area contributed by atoms with Gasteiger partial charge in [-0.3, -0.25) is 9.59 Å². The second-order valence-corrected chi connectivity index (χ2v) is 6.75. The molecule has 3 heterocycles. The molecule has 2 aliphatic rings. The van der Waals surface area contributed by atoms with Crippen LogP contribution in [0, 0.1) is 0 Å². The van der Waals surface area contributed by atoms with Gasteiger partial charge in [0, 0.05) is 50.6 Å². The van der Waals surface area contributed by atoms with Crippen LogP contribution in [0.4, 0.5) is 5.82 Å². The minimum absolute atomic E-state index is 0.143. The molecular formula is C18H23N5O2. The molecule has 2 fully saturated rings. The number of carbonyl (C=O) groups is 1. The Morgan fingerprint density at radius 1 is 1.16 bits per heavy atom. The first kappa shape index (κ1) is 16.1. The molecule has 0 unspecified atom stereocenters. The Bertz CT molecular complexity index is 828. The third-order valence-electron chi connectivity index (χ3n) is 5.21. The predicted molar refractivity (Wildman–Crippen MR) is 96.8 cm³/mol. The van der Waals surface area contributed by atoms with Crippen LogP contribution in [0.1, 0.15) is 19.3 Å². The lowest BCUT2D eigenvalue weighted by Crippen LogP contribution is -2.48. The highest BCUT2D eigenvalue weighted by atomic mass is 16.2. The van der Waals surface area contributed by atoms with Crippen molar-refractivity contribution in [3.63, 3.8) is 0 Å². The van der Waals surface area contributed by atoms with Crippen LogP contribution in [0.2, 0.25) is 0 Å². The van der Waals surface area contributed by atoms with E-state index in [9.17, 15) is 9.59 Å². The van der Waals surface area contributed by atoms with Crippen LogP contribution in [-0.2, 0) is 4.79 Å². The van der Waals surface area contributed by atoms with Gasteiger partial charge in [-0.15, -0.1) is 0 Å². The molecule has 2 aromatic rings. The van der Waals surface area contributed by atoms with Crippen LogP contribution in [0.5, 0.6) is 0 Å². The number of carbonyl (C=O) groups excluding carboxylic acids is 1. The van der Waals surface area contributed by atoms with Gasteiger partial charge < -0.3 is 15.1 Å². The zero-order valence-corrected chi connectivity index (χ0v) is 14.2. The highest BCUT2D eigenvalue weighted by molar-refractivity contribution is 5.91. The maximum atomic E-state index is 12.6. The van der Waals surface area contributed by atoms with E-state index < -0.39 is 0 Å². The summed E-state index contributed by atoms with van der Waals surface area (Å²) in [5.74, 6) is 0.998. The van der Waals surface area contributed by atoms with Crippen molar-refractivity contribution >= 4 is 22.5 Å². The quantitative estimate of drug-likeness (QED) is 0.859. The van der Waals surface area contributed by atoms with Crippen LogP contribution in [-0.4, -0.2) is 59.8 Å². The number of rotatable bonds is 3. The largest absolute Gasteiger partial charge is 0.351 e. The first-order valence-corrected chi connectivity index (χ1v) is 8.96. The average Bonchev–Trinajstić information content (AvgIpc) is 3.11. The van der Waals surface area contributed by atoms with Gasteiger partial charge in [0.15, 0.2) is 5.82 Å². The molecule has 0 radical (unpaired) electrons. The van der Waals surface area contributed by atoms with Gasteiger partial charge in [0.2, 0.25) is 5.91 Å². The summed E-state index contributed by atoms with van der Waals surface area (Å²) in [7, 11) is 0. The van der Waals surface area contributed by atoms with Crippen molar-refractivity contribution in [3.05, 3.63) is 34.6 Å². The first-order valence-electron chi connectivity index (χ1n) is 8.96. The molecule has 132 valence electrons. The molecule has 1 atom stereocenters. The van der Waals surface area contributed by atoms with Crippen LogP contribution >= 0.6 is 0 Å². The van der Waals surface area contributed by atoms with Crippen molar-refractivity contribution in [2.24, 2.45) is 0 Å². The van der Waals surface area contributed by atoms with Gasteiger partial charge in [-0.1, -0.05) is 18.2 Å². The van der Waals surface area contributed by atoms with E-state index in [0.29, 0.717) is 11.8 Å². The number of piperazine rings is 1. The molecule has 1 aromatic carbocycles. The molecular weight excluding hydrogens is 318 g/mol. The molecule has 0 aliphatic carbocycles. The van der Waals surface area contributed by atoms with E-state index in [4.69, 9.17) is 0 Å². The minimum atomic E-state index is -0.174. The van der Waals surface area contributed by atoms with Gasteiger partial charge in [0.25, 0.3) is 5.56 Å². The first-order chi connectivity index (χ1) is 12.2. The smallest absolute Gasteiger partial charge is 0.272 e. The van der Waals surface area contributed by atoms with Crippen molar-refractivity contribution in [2.45, 2.75) is 25.3 Å². The zero-order chi connectivity index (χ0) is 17.2. The van der Waals surface area contributed by atoms with Crippen LogP contribution in [0.25, 0.3) is 10.8 Å². The number of nitrogens with zero attached hydrogens (tertiary/aromatic N) is 3. The molecule has 1 amide bonds. The maximum Gasteiger partial charge on any atom is 0.272 e. The standard InChI is InChI=1S/C18H23N5O2/c24-16(22-10-7-19-8-11-22)12-13-4-3-9-23(13)17-14-5-1-2-6-15(14)18(25)21-20-17/h1-2,5-6,13,19H,3-4,7-12H2,(H,21,25)/t13-/m0/s1. The van der Waals surface area contributed by atoms with Gasteiger partial charge in [0.1, 0.15) is 0 Å². The predicted octanol–water partition coefficient (Wildman–Crippen LogP) is 0.714.